The Kier molecular flexibility index (Phi) is 8.99. The third kappa shape index (κ3) is 5.82. The summed E-state index contributed by atoms with van der Waals surface area (Å²) in [4.78, 5) is 38.3. The Morgan fingerprint density at radius 3 is 2.42 bits per heavy atom. The maximum atomic E-state index is 13.2. The molecule has 1 atom stereocenters. The number of halogens is 1. The van der Waals surface area contributed by atoms with E-state index in [1.165, 1.54) is 23.3 Å². The molecule has 0 saturated carbocycles. The van der Waals surface area contributed by atoms with Gasteiger partial charge in [-0.25, -0.2) is 9.59 Å². The molecule has 0 bridgehead atoms. The van der Waals surface area contributed by atoms with Gasteiger partial charge in [0, 0.05) is 10.8 Å². The van der Waals surface area contributed by atoms with E-state index in [9.17, 15) is 14.4 Å². The number of rotatable bonds is 10. The highest BCUT2D eigenvalue weighted by Crippen LogP contribution is 2.32. The van der Waals surface area contributed by atoms with Gasteiger partial charge in [-0.15, -0.1) is 10.2 Å². The van der Waals surface area contributed by atoms with Gasteiger partial charge in [0.15, 0.2) is 5.16 Å². The van der Waals surface area contributed by atoms with Crippen molar-refractivity contribution in [2.75, 3.05) is 24.3 Å². The first-order valence-corrected chi connectivity index (χ1v) is 12.4. The van der Waals surface area contributed by atoms with Crippen molar-refractivity contribution in [3.8, 4) is 0 Å². The maximum Gasteiger partial charge on any atom is 0.344 e. The summed E-state index contributed by atoms with van der Waals surface area (Å²) in [5.74, 6) is -1.83. The molecule has 1 amide bonds. The standard InChI is InChI=1S/C23H26ClN5O6S/c1-5-33-20(31)16-13(4)35-19(17(16)21(32)34-6-2)26-18(30)12(3)29-22(25)27-28-23(29)36-11-14-9-7-8-10-15(14)24/h7-10,12H,5-6,11H2,1-4H3,(H2,25,27)(H,26,30). The van der Waals surface area contributed by atoms with Gasteiger partial charge in [-0.1, -0.05) is 41.6 Å². The summed E-state index contributed by atoms with van der Waals surface area (Å²) in [5, 5.41) is 11.5. The molecule has 36 heavy (non-hydrogen) atoms. The summed E-state index contributed by atoms with van der Waals surface area (Å²) in [6.07, 6.45) is 0. The van der Waals surface area contributed by atoms with E-state index in [0.717, 1.165) is 5.56 Å². The number of esters is 2. The van der Waals surface area contributed by atoms with Crippen molar-refractivity contribution in [2.45, 2.75) is 44.6 Å². The van der Waals surface area contributed by atoms with Crippen molar-refractivity contribution < 1.29 is 28.3 Å². The number of amides is 1. The first-order chi connectivity index (χ1) is 17.2. The van der Waals surface area contributed by atoms with Gasteiger partial charge in [0.05, 0.1) is 13.2 Å². The third-order valence-corrected chi connectivity index (χ3v) is 6.41. The molecule has 0 aliphatic carbocycles. The Balaban J connectivity index is 1.87. The average molecular weight is 536 g/mol. The summed E-state index contributed by atoms with van der Waals surface area (Å²) < 4.78 is 17.1. The van der Waals surface area contributed by atoms with E-state index in [2.05, 4.69) is 15.5 Å². The monoisotopic (exact) mass is 535 g/mol. The Labute approximate surface area is 216 Å². The summed E-state index contributed by atoms with van der Waals surface area (Å²) in [5.41, 5.74) is 6.55. The number of benzene rings is 1. The zero-order valence-electron chi connectivity index (χ0n) is 20.2. The van der Waals surface area contributed by atoms with Crippen LogP contribution in [0.25, 0.3) is 0 Å². The number of nitrogen functional groups attached to an aromatic ring is 1. The van der Waals surface area contributed by atoms with Gasteiger partial charge >= 0.3 is 11.9 Å². The van der Waals surface area contributed by atoms with Crippen LogP contribution in [0.15, 0.2) is 33.8 Å². The Morgan fingerprint density at radius 2 is 1.78 bits per heavy atom. The quantitative estimate of drug-likeness (QED) is 0.284. The highest BCUT2D eigenvalue weighted by Gasteiger charge is 2.33. The third-order valence-electron chi connectivity index (χ3n) is 5.05. The van der Waals surface area contributed by atoms with Gasteiger partial charge in [-0.05, 0) is 39.3 Å². The summed E-state index contributed by atoms with van der Waals surface area (Å²) in [6.45, 7) is 6.46. The molecule has 0 aliphatic heterocycles. The van der Waals surface area contributed by atoms with Gasteiger partial charge in [-0.3, -0.25) is 14.7 Å². The molecule has 3 aromatic rings. The van der Waals surface area contributed by atoms with Crippen LogP contribution < -0.4 is 11.1 Å². The lowest BCUT2D eigenvalue weighted by Gasteiger charge is -2.16. The van der Waals surface area contributed by atoms with Gasteiger partial charge in [-0.2, -0.15) is 0 Å². The Morgan fingerprint density at radius 1 is 1.14 bits per heavy atom. The van der Waals surface area contributed by atoms with Crippen LogP contribution in [-0.2, 0) is 20.0 Å². The van der Waals surface area contributed by atoms with E-state index in [-0.39, 0.29) is 41.9 Å². The first kappa shape index (κ1) is 27.1. The van der Waals surface area contributed by atoms with Gasteiger partial charge in [0.2, 0.25) is 17.7 Å². The first-order valence-electron chi connectivity index (χ1n) is 11.0. The molecule has 3 N–H and O–H groups in total. The van der Waals surface area contributed by atoms with Crippen LogP contribution in [0, 0.1) is 6.92 Å². The number of carbonyl (C=O) groups is 3. The minimum atomic E-state index is -0.903. The fourth-order valence-corrected chi connectivity index (χ4v) is 4.63. The molecular formula is C23H26ClN5O6S. The molecule has 0 radical (unpaired) electrons. The largest absolute Gasteiger partial charge is 0.462 e. The van der Waals surface area contributed by atoms with E-state index < -0.39 is 23.9 Å². The predicted octanol–water partition coefficient (Wildman–Crippen LogP) is 4.26. The second-order valence-electron chi connectivity index (χ2n) is 7.43. The Hall–Kier alpha value is -3.51. The topological polar surface area (TPSA) is 152 Å². The molecule has 192 valence electrons. The van der Waals surface area contributed by atoms with Crippen molar-refractivity contribution in [2.24, 2.45) is 0 Å². The molecule has 1 aromatic carbocycles. The second-order valence-corrected chi connectivity index (χ2v) is 8.78. The lowest BCUT2D eigenvalue weighted by atomic mass is 10.1. The van der Waals surface area contributed by atoms with Crippen LogP contribution in [0.1, 0.15) is 58.9 Å². The van der Waals surface area contributed by atoms with Crippen molar-refractivity contribution in [1.29, 1.82) is 0 Å². The molecular weight excluding hydrogens is 510 g/mol. The van der Waals surface area contributed by atoms with Crippen molar-refractivity contribution in [3.63, 3.8) is 0 Å². The van der Waals surface area contributed by atoms with E-state index in [4.69, 9.17) is 31.2 Å². The number of nitrogens with zero attached hydrogens (tertiary/aromatic N) is 3. The van der Waals surface area contributed by atoms with Gasteiger partial charge < -0.3 is 19.6 Å². The van der Waals surface area contributed by atoms with Crippen LogP contribution in [-0.4, -0.2) is 45.8 Å². The fourth-order valence-electron chi connectivity index (χ4n) is 3.32. The van der Waals surface area contributed by atoms with E-state index in [1.807, 2.05) is 18.2 Å². The highest BCUT2D eigenvalue weighted by atomic mass is 35.5. The number of ether oxygens (including phenoxy) is 2. The number of nitrogens with one attached hydrogen (secondary N) is 1. The van der Waals surface area contributed by atoms with E-state index in [1.54, 1.807) is 26.8 Å². The number of aryl methyl sites for hydroxylation is 1. The van der Waals surface area contributed by atoms with E-state index >= 15 is 0 Å². The highest BCUT2D eigenvalue weighted by molar-refractivity contribution is 7.98. The number of anilines is 2. The van der Waals surface area contributed by atoms with Crippen molar-refractivity contribution in [3.05, 3.63) is 51.7 Å². The Bertz CT molecular complexity index is 1270. The number of hydrogen-bond donors (Lipinski definition) is 2. The molecule has 0 spiro atoms. The SMILES string of the molecule is CCOC(=O)c1c(C)oc(NC(=O)C(C)n2c(N)nnc2SCc2ccccc2Cl)c1C(=O)OCC. The molecule has 2 heterocycles. The number of nitrogens with two attached hydrogens (primary N) is 1. The number of hydrogen-bond acceptors (Lipinski definition) is 10. The number of aromatic nitrogens is 3. The minimum absolute atomic E-state index is 0.0211. The molecule has 1 unspecified atom stereocenters. The minimum Gasteiger partial charge on any atom is -0.462 e. The predicted molar refractivity (Wildman–Crippen MR) is 134 cm³/mol. The number of carbonyl (C=O) groups excluding carboxylic acids is 3. The van der Waals surface area contributed by atoms with Gasteiger partial charge in [0.1, 0.15) is 22.9 Å². The van der Waals surface area contributed by atoms with Crippen molar-refractivity contribution in [1.82, 2.24) is 14.8 Å². The molecule has 11 nitrogen and oxygen atoms in total. The zero-order valence-corrected chi connectivity index (χ0v) is 21.7. The fraction of sp³-hybridized carbons (Fsp3) is 0.348. The maximum absolute atomic E-state index is 13.2. The summed E-state index contributed by atoms with van der Waals surface area (Å²) in [7, 11) is 0. The van der Waals surface area contributed by atoms with Crippen LogP contribution in [0.4, 0.5) is 11.8 Å². The number of thioether (sulfide) groups is 1. The smallest absolute Gasteiger partial charge is 0.344 e. The molecule has 0 saturated heterocycles. The molecule has 0 aliphatic rings. The molecule has 3 rings (SSSR count). The molecule has 13 heteroatoms. The lowest BCUT2D eigenvalue weighted by molar-refractivity contribution is -0.119. The van der Waals surface area contributed by atoms with Crippen LogP contribution >= 0.6 is 23.4 Å². The zero-order chi connectivity index (χ0) is 26.4. The number of furan rings is 1. The average Bonchev–Trinajstić information content (AvgIpc) is 3.37. The normalized spacial score (nSPS) is 11.7. The lowest BCUT2D eigenvalue weighted by Crippen LogP contribution is -2.26. The van der Waals surface area contributed by atoms with Gasteiger partial charge in [0.25, 0.3) is 0 Å². The second kappa shape index (κ2) is 12.0. The van der Waals surface area contributed by atoms with Crippen LogP contribution in [0.3, 0.4) is 0 Å². The van der Waals surface area contributed by atoms with Crippen molar-refractivity contribution >= 4 is 53.0 Å². The molecule has 0 fully saturated rings. The summed E-state index contributed by atoms with van der Waals surface area (Å²) in [6, 6.07) is 6.46. The summed E-state index contributed by atoms with van der Waals surface area (Å²) >= 11 is 7.54. The van der Waals surface area contributed by atoms with Crippen LogP contribution in [0.5, 0.6) is 0 Å². The molecule has 2 aromatic heterocycles. The van der Waals surface area contributed by atoms with E-state index in [0.29, 0.717) is 15.9 Å². The van der Waals surface area contributed by atoms with Crippen LogP contribution in [0.2, 0.25) is 5.02 Å².